The zero-order valence-corrected chi connectivity index (χ0v) is 17.0. The predicted octanol–water partition coefficient (Wildman–Crippen LogP) is 3.88. The number of hydrogen-bond acceptors (Lipinski definition) is 5. The first kappa shape index (κ1) is 22.9. The molecule has 0 aliphatic carbocycles. The normalized spacial score (nSPS) is 22.6. The second kappa shape index (κ2) is 7.41. The molecule has 0 radical (unpaired) electrons. The van der Waals surface area contributed by atoms with Crippen LogP contribution in [0.4, 0.5) is 19.4 Å². The topological polar surface area (TPSA) is 96.0 Å². The molecule has 2 unspecified atom stereocenters. The Balaban J connectivity index is 1.73. The molecule has 0 bridgehead atoms. The van der Waals surface area contributed by atoms with E-state index in [0.717, 1.165) is 12.1 Å². The van der Waals surface area contributed by atoms with Gasteiger partial charge in [0.2, 0.25) is 11.8 Å². The molecule has 13 heteroatoms. The van der Waals surface area contributed by atoms with E-state index in [-0.39, 0.29) is 24.2 Å². The van der Waals surface area contributed by atoms with Crippen LogP contribution >= 0.6 is 10.2 Å². The molecule has 3 atom stereocenters. The highest BCUT2D eigenvalue weighted by Crippen LogP contribution is 3.02. The monoisotopic (exact) mass is 465 g/mol. The fourth-order valence-corrected chi connectivity index (χ4v) is 3.78. The van der Waals surface area contributed by atoms with E-state index in [2.05, 4.69) is 25.9 Å². The molecule has 2 amide bonds. The SMILES string of the molecule is CC[C@@H](NC(=O)C1CC(=O)NC(c2ncccn2)N1)c1ccc(S(F)(F)(F)(F)F)cc1. The van der Waals surface area contributed by atoms with Gasteiger partial charge in [0.25, 0.3) is 0 Å². The van der Waals surface area contributed by atoms with Gasteiger partial charge in [-0.1, -0.05) is 38.5 Å². The maximum atomic E-state index is 12.9. The average Bonchev–Trinajstić information content (AvgIpc) is 2.70. The third-order valence-electron chi connectivity index (χ3n) is 4.68. The first-order valence-electron chi connectivity index (χ1n) is 9.23. The number of halogens is 5. The van der Waals surface area contributed by atoms with Crippen molar-refractivity contribution in [3.05, 3.63) is 54.1 Å². The minimum atomic E-state index is -9.77. The quantitative estimate of drug-likeness (QED) is 0.563. The number of aromatic nitrogens is 2. The highest BCUT2D eigenvalue weighted by atomic mass is 32.5. The Kier molecular flexibility index (Phi) is 5.47. The Labute approximate surface area is 174 Å². The van der Waals surface area contributed by atoms with Crippen LogP contribution in [-0.2, 0) is 9.59 Å². The zero-order chi connectivity index (χ0) is 22.9. The molecular formula is C18H20F5N5O2S. The number of rotatable bonds is 6. The Morgan fingerprint density at radius 1 is 1.16 bits per heavy atom. The summed E-state index contributed by atoms with van der Waals surface area (Å²) in [4.78, 5) is 30.8. The molecule has 2 heterocycles. The Morgan fingerprint density at radius 2 is 1.77 bits per heavy atom. The third-order valence-corrected chi connectivity index (χ3v) is 5.84. The summed E-state index contributed by atoms with van der Waals surface area (Å²) in [5, 5.41) is 8.16. The van der Waals surface area contributed by atoms with E-state index in [1.165, 1.54) is 12.4 Å². The van der Waals surface area contributed by atoms with Crippen LogP contribution in [0.2, 0.25) is 0 Å². The summed E-state index contributed by atoms with van der Waals surface area (Å²) in [6.07, 6.45) is 2.27. The summed E-state index contributed by atoms with van der Waals surface area (Å²) in [5.41, 5.74) is 0.227. The van der Waals surface area contributed by atoms with Gasteiger partial charge < -0.3 is 10.6 Å². The Bertz CT molecular complexity index is 973. The standard InChI is InChI=1S/C18H20F5N5O2S/c1-2-13(11-4-6-12(7-5-11)31(19,20,21,22)23)27-18(30)14-10-15(29)28-17(26-14)16-24-8-3-9-25-16/h3-9,13-14,17,26H,2,10H2,1H3,(H,27,30)(H,28,29)/t13-,14?,17?/m1/s1. The molecule has 0 spiro atoms. The number of hydrogen-bond donors (Lipinski definition) is 3. The van der Waals surface area contributed by atoms with E-state index >= 15 is 0 Å². The van der Waals surface area contributed by atoms with Crippen molar-refractivity contribution >= 4 is 22.0 Å². The molecule has 3 rings (SSSR count). The van der Waals surface area contributed by atoms with Crippen LogP contribution < -0.4 is 16.0 Å². The maximum Gasteiger partial charge on any atom is 0.310 e. The van der Waals surface area contributed by atoms with Gasteiger partial charge in [0.1, 0.15) is 11.1 Å². The van der Waals surface area contributed by atoms with Gasteiger partial charge in [0, 0.05) is 12.4 Å². The van der Waals surface area contributed by atoms with Crippen molar-refractivity contribution in [2.75, 3.05) is 0 Å². The summed E-state index contributed by atoms with van der Waals surface area (Å²) >= 11 is 0. The lowest BCUT2D eigenvalue weighted by Crippen LogP contribution is -2.57. The smallest absolute Gasteiger partial charge is 0.310 e. The minimum absolute atomic E-state index is 0.172. The van der Waals surface area contributed by atoms with Gasteiger partial charge in [0.05, 0.1) is 18.5 Å². The van der Waals surface area contributed by atoms with Crippen LogP contribution in [0.25, 0.3) is 0 Å². The second-order valence-electron chi connectivity index (χ2n) is 7.04. The van der Waals surface area contributed by atoms with E-state index in [9.17, 15) is 29.0 Å². The van der Waals surface area contributed by atoms with E-state index in [1.807, 2.05) is 0 Å². The average molecular weight is 465 g/mol. The summed E-state index contributed by atoms with van der Waals surface area (Å²) in [6.45, 7) is 1.67. The highest BCUT2D eigenvalue weighted by Gasteiger charge is 2.65. The van der Waals surface area contributed by atoms with Crippen LogP contribution in [0.5, 0.6) is 0 Å². The number of amides is 2. The van der Waals surface area contributed by atoms with Gasteiger partial charge in [-0.15, -0.1) is 0 Å². The fraction of sp³-hybridized carbons (Fsp3) is 0.333. The van der Waals surface area contributed by atoms with Crippen molar-refractivity contribution in [3.63, 3.8) is 0 Å². The molecular weight excluding hydrogens is 445 g/mol. The predicted molar refractivity (Wildman–Crippen MR) is 103 cm³/mol. The molecule has 3 N–H and O–H groups in total. The van der Waals surface area contributed by atoms with Gasteiger partial charge in [-0.2, -0.15) is 0 Å². The van der Waals surface area contributed by atoms with Crippen LogP contribution in [0.15, 0.2) is 47.6 Å². The number of benzene rings is 1. The molecule has 7 nitrogen and oxygen atoms in total. The zero-order valence-electron chi connectivity index (χ0n) is 16.2. The van der Waals surface area contributed by atoms with Crippen molar-refractivity contribution in [2.45, 2.75) is 42.9 Å². The summed E-state index contributed by atoms with van der Waals surface area (Å²) in [6, 6.07) is 2.33. The molecule has 1 fully saturated rings. The molecule has 1 aromatic carbocycles. The van der Waals surface area contributed by atoms with Crippen molar-refractivity contribution < 1.29 is 29.0 Å². The van der Waals surface area contributed by atoms with E-state index in [0.29, 0.717) is 12.1 Å². The van der Waals surface area contributed by atoms with Gasteiger partial charge in [-0.3, -0.25) is 14.9 Å². The number of carbonyl (C=O) groups is 2. The summed E-state index contributed by atoms with van der Waals surface area (Å²) in [7, 11) is -9.77. The molecule has 2 aromatic rings. The fourth-order valence-electron chi connectivity index (χ4n) is 3.12. The Hall–Kier alpha value is -2.80. The van der Waals surface area contributed by atoms with Crippen molar-refractivity contribution in [1.29, 1.82) is 0 Å². The second-order valence-corrected chi connectivity index (χ2v) is 9.45. The largest absolute Gasteiger partial charge is 0.348 e. The summed E-state index contributed by atoms with van der Waals surface area (Å²) in [5.74, 6) is -0.726. The third kappa shape index (κ3) is 5.67. The van der Waals surface area contributed by atoms with Crippen molar-refractivity contribution in [3.8, 4) is 0 Å². The lowest BCUT2D eigenvalue weighted by Gasteiger charge is -2.40. The van der Waals surface area contributed by atoms with E-state index < -0.39 is 45.2 Å². The van der Waals surface area contributed by atoms with Crippen LogP contribution in [0, 0.1) is 0 Å². The van der Waals surface area contributed by atoms with Crippen molar-refractivity contribution in [2.24, 2.45) is 0 Å². The van der Waals surface area contributed by atoms with Gasteiger partial charge in [0.15, 0.2) is 5.82 Å². The molecule has 170 valence electrons. The Morgan fingerprint density at radius 3 is 2.32 bits per heavy atom. The number of carbonyl (C=O) groups excluding carboxylic acids is 2. The minimum Gasteiger partial charge on any atom is -0.348 e. The van der Waals surface area contributed by atoms with E-state index in [4.69, 9.17) is 0 Å². The molecule has 1 saturated heterocycles. The van der Waals surface area contributed by atoms with Crippen LogP contribution in [0.1, 0.15) is 43.4 Å². The maximum absolute atomic E-state index is 12.9. The number of nitrogens with zero attached hydrogens (tertiary/aromatic N) is 2. The molecule has 1 aromatic heterocycles. The molecule has 1 aliphatic rings. The first-order chi connectivity index (χ1) is 14.3. The van der Waals surface area contributed by atoms with Gasteiger partial charge in [-0.05, 0) is 30.2 Å². The van der Waals surface area contributed by atoms with E-state index in [1.54, 1.807) is 13.0 Å². The van der Waals surface area contributed by atoms with Gasteiger partial charge >= 0.3 is 10.2 Å². The molecule has 1 aliphatic heterocycles. The van der Waals surface area contributed by atoms with Gasteiger partial charge in [-0.25, -0.2) is 9.97 Å². The van der Waals surface area contributed by atoms with Crippen molar-refractivity contribution in [1.82, 2.24) is 25.9 Å². The number of nitrogens with one attached hydrogen (secondary N) is 3. The highest BCUT2D eigenvalue weighted by molar-refractivity contribution is 8.45. The van der Waals surface area contributed by atoms with Crippen LogP contribution in [0.3, 0.4) is 0 Å². The summed E-state index contributed by atoms with van der Waals surface area (Å²) < 4.78 is 64.5. The van der Waals surface area contributed by atoms with Crippen LogP contribution in [-0.4, -0.2) is 27.8 Å². The lowest BCUT2D eigenvalue weighted by atomic mass is 10.0. The molecule has 0 saturated carbocycles. The first-order valence-corrected chi connectivity index (χ1v) is 11.2. The lowest BCUT2D eigenvalue weighted by molar-refractivity contribution is -0.132. The molecule has 31 heavy (non-hydrogen) atoms.